The first-order valence-corrected chi connectivity index (χ1v) is 4.99. The summed E-state index contributed by atoms with van der Waals surface area (Å²) in [5.41, 5.74) is 6.37. The number of nitrogens with two attached hydrogens (primary N) is 1. The number of nitrogen functional groups attached to an aromatic ring is 1. The third kappa shape index (κ3) is 1.40. The minimum Gasteiger partial charge on any atom is -0.397 e. The van der Waals surface area contributed by atoms with E-state index in [2.05, 4.69) is 15.9 Å². The van der Waals surface area contributed by atoms with Gasteiger partial charge < -0.3 is 5.73 Å². The minimum absolute atomic E-state index is 0.588. The van der Waals surface area contributed by atoms with Crippen LogP contribution in [-0.2, 0) is 0 Å². The van der Waals surface area contributed by atoms with Gasteiger partial charge in [0.1, 0.15) is 0 Å². The van der Waals surface area contributed by atoms with Crippen LogP contribution in [-0.4, -0.2) is 0 Å². The van der Waals surface area contributed by atoms with Gasteiger partial charge in [-0.3, -0.25) is 0 Å². The Morgan fingerprint density at radius 2 is 1.92 bits per heavy atom. The molecule has 0 aliphatic heterocycles. The van der Waals surface area contributed by atoms with Crippen LogP contribution in [0.4, 0.5) is 5.69 Å². The third-order valence-electron chi connectivity index (χ3n) is 1.97. The maximum Gasteiger partial charge on any atom is 0.0654 e. The Bertz CT molecular complexity index is 468. The lowest BCUT2D eigenvalue weighted by Crippen LogP contribution is -1.88. The summed E-state index contributed by atoms with van der Waals surface area (Å²) in [6.07, 6.45) is 0. The molecule has 2 rings (SSSR count). The molecule has 0 aliphatic rings. The molecule has 3 heteroatoms. The second-order valence-corrected chi connectivity index (χ2v) is 4.01. The average molecular weight is 257 g/mol. The maximum atomic E-state index is 5.94. The number of fused-ring (bicyclic) bond motifs is 1. The standard InChI is InChI=1S/C10H7BrClN/c11-9-7-4-2-1-3-6(7)5-8(12)10(9)13/h1-5H,13H2. The topological polar surface area (TPSA) is 26.0 Å². The Kier molecular flexibility index (Phi) is 2.18. The molecule has 2 N–H and O–H groups in total. The number of benzene rings is 2. The highest BCUT2D eigenvalue weighted by Crippen LogP contribution is 2.34. The van der Waals surface area contributed by atoms with Crippen molar-refractivity contribution in [2.24, 2.45) is 0 Å². The predicted octanol–water partition coefficient (Wildman–Crippen LogP) is 3.84. The molecule has 0 aliphatic carbocycles. The van der Waals surface area contributed by atoms with Crippen molar-refractivity contribution in [3.63, 3.8) is 0 Å². The Morgan fingerprint density at radius 1 is 1.23 bits per heavy atom. The summed E-state index contributed by atoms with van der Waals surface area (Å²) in [4.78, 5) is 0. The van der Waals surface area contributed by atoms with Crippen LogP contribution < -0.4 is 5.73 Å². The summed E-state index contributed by atoms with van der Waals surface area (Å²) in [7, 11) is 0. The molecule has 0 amide bonds. The molecule has 0 unspecified atom stereocenters. The molecular weight excluding hydrogens is 249 g/mol. The van der Waals surface area contributed by atoms with Crippen molar-refractivity contribution in [1.82, 2.24) is 0 Å². The average Bonchev–Trinajstić information content (AvgIpc) is 2.15. The van der Waals surface area contributed by atoms with E-state index in [1.54, 1.807) is 0 Å². The van der Waals surface area contributed by atoms with Crippen LogP contribution in [0.15, 0.2) is 34.8 Å². The number of hydrogen-bond donors (Lipinski definition) is 1. The quantitative estimate of drug-likeness (QED) is 0.712. The van der Waals surface area contributed by atoms with Gasteiger partial charge in [-0.25, -0.2) is 0 Å². The molecule has 1 nitrogen and oxygen atoms in total. The van der Waals surface area contributed by atoms with Gasteiger partial charge in [-0.1, -0.05) is 35.9 Å². The van der Waals surface area contributed by atoms with Gasteiger partial charge in [0.2, 0.25) is 0 Å². The lowest BCUT2D eigenvalue weighted by molar-refractivity contribution is 1.68. The number of rotatable bonds is 0. The molecule has 0 saturated carbocycles. The van der Waals surface area contributed by atoms with Gasteiger partial charge in [0.25, 0.3) is 0 Å². The van der Waals surface area contributed by atoms with Gasteiger partial charge in [-0.15, -0.1) is 0 Å². The fraction of sp³-hybridized carbons (Fsp3) is 0. The van der Waals surface area contributed by atoms with Gasteiger partial charge in [-0.2, -0.15) is 0 Å². The van der Waals surface area contributed by atoms with E-state index in [9.17, 15) is 0 Å². The van der Waals surface area contributed by atoms with Gasteiger partial charge in [-0.05, 0) is 32.8 Å². The Morgan fingerprint density at radius 3 is 2.69 bits per heavy atom. The smallest absolute Gasteiger partial charge is 0.0654 e. The van der Waals surface area contributed by atoms with Gasteiger partial charge >= 0.3 is 0 Å². The summed E-state index contributed by atoms with van der Waals surface area (Å²) in [6.45, 7) is 0. The van der Waals surface area contributed by atoms with Crippen molar-refractivity contribution in [1.29, 1.82) is 0 Å². The molecular formula is C10H7BrClN. The molecule has 0 atom stereocenters. The van der Waals surface area contributed by atoms with E-state index in [-0.39, 0.29) is 0 Å². The molecule has 0 spiro atoms. The zero-order valence-corrected chi connectivity index (χ0v) is 9.06. The Hall–Kier alpha value is -0.730. The van der Waals surface area contributed by atoms with Crippen LogP contribution in [0.2, 0.25) is 5.02 Å². The first kappa shape index (κ1) is 8.85. The van der Waals surface area contributed by atoms with Crippen LogP contribution in [0.1, 0.15) is 0 Å². The van der Waals surface area contributed by atoms with E-state index in [1.165, 1.54) is 0 Å². The van der Waals surface area contributed by atoms with E-state index in [0.29, 0.717) is 10.7 Å². The van der Waals surface area contributed by atoms with Crippen molar-refractivity contribution in [3.05, 3.63) is 39.8 Å². The van der Waals surface area contributed by atoms with Crippen LogP contribution in [0.25, 0.3) is 10.8 Å². The molecule has 0 aromatic heterocycles. The number of hydrogen-bond acceptors (Lipinski definition) is 1. The van der Waals surface area contributed by atoms with E-state index in [4.69, 9.17) is 17.3 Å². The monoisotopic (exact) mass is 255 g/mol. The summed E-state index contributed by atoms with van der Waals surface area (Å²) >= 11 is 9.36. The molecule has 2 aromatic carbocycles. The van der Waals surface area contributed by atoms with Crippen LogP contribution >= 0.6 is 27.5 Å². The second kappa shape index (κ2) is 3.20. The summed E-state index contributed by atoms with van der Waals surface area (Å²) in [5.74, 6) is 0. The molecule has 0 bridgehead atoms. The van der Waals surface area contributed by atoms with Crippen molar-refractivity contribution in [3.8, 4) is 0 Å². The van der Waals surface area contributed by atoms with Crippen molar-refractivity contribution in [2.75, 3.05) is 5.73 Å². The maximum absolute atomic E-state index is 5.94. The lowest BCUT2D eigenvalue weighted by atomic mass is 10.1. The Balaban J connectivity index is 2.94. The largest absolute Gasteiger partial charge is 0.397 e. The summed E-state index contributed by atoms with van der Waals surface area (Å²) in [6, 6.07) is 9.83. The highest BCUT2D eigenvalue weighted by Gasteiger charge is 2.05. The number of anilines is 1. The summed E-state index contributed by atoms with van der Waals surface area (Å²) in [5, 5.41) is 2.77. The fourth-order valence-corrected chi connectivity index (χ4v) is 2.19. The molecule has 0 fully saturated rings. The van der Waals surface area contributed by atoms with Crippen molar-refractivity contribution in [2.45, 2.75) is 0 Å². The molecule has 2 aromatic rings. The zero-order chi connectivity index (χ0) is 9.42. The van der Waals surface area contributed by atoms with E-state index in [0.717, 1.165) is 15.2 Å². The third-order valence-corrected chi connectivity index (χ3v) is 3.14. The van der Waals surface area contributed by atoms with E-state index in [1.807, 2.05) is 30.3 Å². The SMILES string of the molecule is Nc1c(Cl)cc2ccccc2c1Br. The van der Waals surface area contributed by atoms with E-state index < -0.39 is 0 Å². The highest BCUT2D eigenvalue weighted by atomic mass is 79.9. The van der Waals surface area contributed by atoms with Gasteiger partial charge in [0.15, 0.2) is 0 Å². The molecule has 0 heterocycles. The second-order valence-electron chi connectivity index (χ2n) is 2.81. The number of halogens is 2. The van der Waals surface area contributed by atoms with Crippen molar-refractivity contribution >= 4 is 44.0 Å². The van der Waals surface area contributed by atoms with Crippen LogP contribution in [0.3, 0.4) is 0 Å². The zero-order valence-electron chi connectivity index (χ0n) is 6.72. The lowest BCUT2D eigenvalue weighted by Gasteiger charge is -2.05. The Labute approximate surface area is 89.6 Å². The molecule has 66 valence electrons. The summed E-state index contributed by atoms with van der Waals surface area (Å²) < 4.78 is 0.871. The first-order chi connectivity index (χ1) is 6.20. The fourth-order valence-electron chi connectivity index (χ4n) is 1.29. The minimum atomic E-state index is 0.588. The van der Waals surface area contributed by atoms with Crippen molar-refractivity contribution < 1.29 is 0 Å². The molecule has 13 heavy (non-hydrogen) atoms. The predicted molar refractivity (Wildman–Crippen MR) is 61.1 cm³/mol. The van der Waals surface area contributed by atoms with Gasteiger partial charge in [0, 0.05) is 4.47 Å². The molecule has 0 radical (unpaired) electrons. The van der Waals surface area contributed by atoms with Crippen LogP contribution in [0, 0.1) is 0 Å². The first-order valence-electron chi connectivity index (χ1n) is 3.82. The normalized spacial score (nSPS) is 10.6. The molecule has 0 saturated heterocycles. The van der Waals surface area contributed by atoms with Gasteiger partial charge in [0.05, 0.1) is 10.7 Å². The highest BCUT2D eigenvalue weighted by molar-refractivity contribution is 9.10. The van der Waals surface area contributed by atoms with E-state index >= 15 is 0 Å². The van der Waals surface area contributed by atoms with Crippen LogP contribution in [0.5, 0.6) is 0 Å².